The van der Waals surface area contributed by atoms with Gasteiger partial charge in [0.2, 0.25) is 0 Å². The number of aromatic hydroxyl groups is 1. The third kappa shape index (κ3) is 4.42. The molecular formula is C13H17Cl2F2N3O. The summed E-state index contributed by atoms with van der Waals surface area (Å²) in [5, 5.41) is 21.9. The van der Waals surface area contributed by atoms with Crippen molar-refractivity contribution in [3.05, 3.63) is 29.3 Å². The van der Waals surface area contributed by atoms with E-state index in [-0.39, 0.29) is 41.7 Å². The van der Waals surface area contributed by atoms with Gasteiger partial charge in [0.25, 0.3) is 6.43 Å². The van der Waals surface area contributed by atoms with Gasteiger partial charge >= 0.3 is 0 Å². The van der Waals surface area contributed by atoms with E-state index in [0.29, 0.717) is 26.2 Å². The van der Waals surface area contributed by atoms with Crippen LogP contribution in [0.25, 0.3) is 0 Å². The second-order valence-corrected chi connectivity index (χ2v) is 4.42. The lowest BCUT2D eigenvalue weighted by molar-refractivity contribution is 0.0170. The molecule has 1 aliphatic rings. The molecule has 1 heterocycles. The van der Waals surface area contributed by atoms with Crippen molar-refractivity contribution >= 4 is 24.8 Å². The van der Waals surface area contributed by atoms with Crippen LogP contribution in [0.15, 0.2) is 18.2 Å². The second kappa shape index (κ2) is 9.00. The molecule has 8 heteroatoms. The number of alkyl halides is 2. The van der Waals surface area contributed by atoms with Crippen LogP contribution in [0.2, 0.25) is 0 Å². The number of piperazine rings is 1. The Bertz CT molecular complexity index is 491. The van der Waals surface area contributed by atoms with Crippen molar-refractivity contribution in [1.82, 2.24) is 10.2 Å². The van der Waals surface area contributed by atoms with Crippen LogP contribution in [-0.4, -0.2) is 42.6 Å². The number of hydrogen-bond acceptors (Lipinski definition) is 4. The maximum atomic E-state index is 13.3. The van der Waals surface area contributed by atoms with Gasteiger partial charge in [-0.25, -0.2) is 8.78 Å². The molecule has 0 amide bonds. The zero-order valence-corrected chi connectivity index (χ0v) is 12.8. The van der Waals surface area contributed by atoms with E-state index in [1.807, 2.05) is 0 Å². The first-order chi connectivity index (χ1) is 9.15. The van der Waals surface area contributed by atoms with Crippen LogP contribution in [0.5, 0.6) is 5.75 Å². The Morgan fingerprint density at radius 3 is 2.38 bits per heavy atom. The van der Waals surface area contributed by atoms with Crippen molar-refractivity contribution in [2.75, 3.05) is 26.2 Å². The van der Waals surface area contributed by atoms with E-state index >= 15 is 0 Å². The van der Waals surface area contributed by atoms with Crippen LogP contribution in [0, 0.1) is 11.3 Å². The number of halogens is 4. The van der Waals surface area contributed by atoms with Crippen molar-refractivity contribution < 1.29 is 13.9 Å². The highest BCUT2D eigenvalue weighted by atomic mass is 35.5. The number of hydrogen-bond donors (Lipinski definition) is 2. The van der Waals surface area contributed by atoms with E-state index in [4.69, 9.17) is 5.26 Å². The highest BCUT2D eigenvalue weighted by molar-refractivity contribution is 5.85. The lowest BCUT2D eigenvalue weighted by atomic mass is 10.0. The molecule has 0 radical (unpaired) electrons. The van der Waals surface area contributed by atoms with Gasteiger partial charge < -0.3 is 10.4 Å². The summed E-state index contributed by atoms with van der Waals surface area (Å²) in [5.41, 5.74) is 0.147. The zero-order chi connectivity index (χ0) is 13.8. The van der Waals surface area contributed by atoms with Gasteiger partial charge in [-0.1, -0.05) is 12.1 Å². The number of phenols is 1. The number of nitriles is 1. The molecule has 2 rings (SSSR count). The molecule has 4 nitrogen and oxygen atoms in total. The molecule has 21 heavy (non-hydrogen) atoms. The van der Waals surface area contributed by atoms with Crippen LogP contribution >= 0.6 is 24.8 Å². The number of nitrogens with one attached hydrogen (secondary N) is 1. The first kappa shape index (κ1) is 19.9. The molecule has 0 aromatic heterocycles. The minimum atomic E-state index is -2.61. The number of nitrogens with zero attached hydrogens (tertiary/aromatic N) is 2. The summed E-state index contributed by atoms with van der Waals surface area (Å²) in [7, 11) is 0. The molecule has 0 saturated carbocycles. The van der Waals surface area contributed by atoms with E-state index in [9.17, 15) is 13.9 Å². The van der Waals surface area contributed by atoms with Gasteiger partial charge in [-0.3, -0.25) is 4.90 Å². The Labute approximate surface area is 134 Å². The van der Waals surface area contributed by atoms with Gasteiger partial charge in [-0.05, 0) is 6.07 Å². The van der Waals surface area contributed by atoms with E-state index in [1.54, 1.807) is 11.0 Å². The summed E-state index contributed by atoms with van der Waals surface area (Å²) in [5.74, 6) is -0.339. The Hall–Kier alpha value is -1.13. The minimum Gasteiger partial charge on any atom is -0.506 e. The summed E-state index contributed by atoms with van der Waals surface area (Å²) < 4.78 is 26.7. The molecule has 1 fully saturated rings. The average molecular weight is 340 g/mol. The van der Waals surface area contributed by atoms with Crippen LogP contribution < -0.4 is 5.32 Å². The van der Waals surface area contributed by atoms with Gasteiger partial charge in [0, 0.05) is 31.7 Å². The van der Waals surface area contributed by atoms with Crippen LogP contribution in [0.3, 0.4) is 0 Å². The molecule has 1 aliphatic heterocycles. The predicted molar refractivity (Wildman–Crippen MR) is 80.5 cm³/mol. The van der Waals surface area contributed by atoms with Gasteiger partial charge in [-0.2, -0.15) is 5.26 Å². The average Bonchev–Trinajstić information content (AvgIpc) is 2.42. The van der Waals surface area contributed by atoms with Crippen molar-refractivity contribution in [1.29, 1.82) is 5.26 Å². The smallest absolute Gasteiger partial charge is 0.258 e. The standard InChI is InChI=1S/C13H15F2N3O.2ClH/c14-13(15)11(18-6-4-17-5-7-18)10-3-1-2-9(8-16)12(10)19;;/h1-3,11,13,17,19H,4-7H2;2*1H/t11-;;/m1../s1. The quantitative estimate of drug-likeness (QED) is 0.887. The monoisotopic (exact) mass is 339 g/mol. The van der Waals surface area contributed by atoms with Crippen LogP contribution in [0.4, 0.5) is 8.78 Å². The summed E-state index contributed by atoms with van der Waals surface area (Å²) in [6.07, 6.45) is -2.61. The van der Waals surface area contributed by atoms with Crippen LogP contribution in [0.1, 0.15) is 17.2 Å². The molecule has 0 aliphatic carbocycles. The predicted octanol–water partition coefficient (Wildman–Crippen LogP) is 2.32. The van der Waals surface area contributed by atoms with Gasteiger partial charge in [0.15, 0.2) is 0 Å². The second-order valence-electron chi connectivity index (χ2n) is 4.42. The molecular weight excluding hydrogens is 323 g/mol. The van der Waals surface area contributed by atoms with E-state index in [2.05, 4.69) is 5.32 Å². The number of phenolic OH excluding ortho intramolecular Hbond substituents is 1. The number of benzene rings is 1. The molecule has 118 valence electrons. The van der Waals surface area contributed by atoms with E-state index in [1.165, 1.54) is 18.2 Å². The molecule has 1 aromatic carbocycles. The molecule has 0 bridgehead atoms. The van der Waals surface area contributed by atoms with Gasteiger partial charge in [0.1, 0.15) is 17.9 Å². The van der Waals surface area contributed by atoms with Gasteiger partial charge in [-0.15, -0.1) is 24.8 Å². The number of para-hydroxylation sites is 1. The summed E-state index contributed by atoms with van der Waals surface area (Å²) in [6.45, 7) is 2.26. The Kier molecular flexibility index (Phi) is 8.52. The normalized spacial score (nSPS) is 16.5. The third-order valence-electron chi connectivity index (χ3n) is 3.29. The lowest BCUT2D eigenvalue weighted by Crippen LogP contribution is -2.46. The largest absolute Gasteiger partial charge is 0.506 e. The van der Waals surface area contributed by atoms with Crippen molar-refractivity contribution in [3.8, 4) is 11.8 Å². The Morgan fingerprint density at radius 1 is 1.24 bits per heavy atom. The maximum absolute atomic E-state index is 13.3. The Morgan fingerprint density at radius 2 is 1.86 bits per heavy atom. The minimum absolute atomic E-state index is 0. The topological polar surface area (TPSA) is 59.3 Å². The fourth-order valence-corrected chi connectivity index (χ4v) is 2.34. The highest BCUT2D eigenvalue weighted by Gasteiger charge is 2.32. The van der Waals surface area contributed by atoms with E-state index < -0.39 is 12.5 Å². The fourth-order valence-electron chi connectivity index (χ4n) is 2.34. The zero-order valence-electron chi connectivity index (χ0n) is 11.1. The van der Waals surface area contributed by atoms with Crippen molar-refractivity contribution in [2.24, 2.45) is 0 Å². The molecule has 1 saturated heterocycles. The molecule has 2 N–H and O–H groups in total. The van der Waals surface area contributed by atoms with Crippen molar-refractivity contribution in [3.63, 3.8) is 0 Å². The molecule has 1 atom stereocenters. The lowest BCUT2D eigenvalue weighted by Gasteiger charge is -2.34. The summed E-state index contributed by atoms with van der Waals surface area (Å²) >= 11 is 0. The first-order valence-corrected chi connectivity index (χ1v) is 6.10. The summed E-state index contributed by atoms with van der Waals surface area (Å²) in [6, 6.07) is 5.02. The maximum Gasteiger partial charge on any atom is 0.258 e. The third-order valence-corrected chi connectivity index (χ3v) is 3.29. The summed E-state index contributed by atoms with van der Waals surface area (Å²) in [4.78, 5) is 1.64. The van der Waals surface area contributed by atoms with E-state index in [0.717, 1.165) is 0 Å². The fraction of sp³-hybridized carbons (Fsp3) is 0.462. The van der Waals surface area contributed by atoms with Crippen molar-refractivity contribution in [2.45, 2.75) is 12.5 Å². The SMILES string of the molecule is Cl.Cl.N#Cc1cccc([C@H](C(F)F)N2CCNCC2)c1O. The molecule has 0 unspecified atom stereocenters. The molecule has 1 aromatic rings. The highest BCUT2D eigenvalue weighted by Crippen LogP contribution is 2.35. The molecule has 0 spiro atoms. The number of rotatable bonds is 3. The van der Waals surface area contributed by atoms with Crippen LogP contribution in [-0.2, 0) is 0 Å². The van der Waals surface area contributed by atoms with Gasteiger partial charge in [0.05, 0.1) is 5.56 Å². The Balaban J connectivity index is 0.00000200. The first-order valence-electron chi connectivity index (χ1n) is 6.10.